The number of hydrazine groups is 1. The number of non-ortho nitro benzene ring substituents is 1. The quantitative estimate of drug-likeness (QED) is 0.107. The van der Waals surface area contributed by atoms with Gasteiger partial charge in [0.2, 0.25) is 5.91 Å². The fourth-order valence-corrected chi connectivity index (χ4v) is 2.79. The molecule has 29 heavy (non-hydrogen) atoms. The number of nitrogens with zero attached hydrogens (tertiary/aromatic N) is 1. The number of anilines is 2. The van der Waals surface area contributed by atoms with Crippen molar-refractivity contribution < 1.29 is 14.5 Å². The number of carbonyl (C=O) groups excluding carboxylic acids is 2. The minimum absolute atomic E-state index is 0.0336. The van der Waals surface area contributed by atoms with Gasteiger partial charge in [0, 0.05) is 29.9 Å². The van der Waals surface area contributed by atoms with Crippen LogP contribution in [0.15, 0.2) is 54.6 Å². The van der Waals surface area contributed by atoms with Crippen LogP contribution in [0.1, 0.15) is 6.42 Å². The third-order valence-corrected chi connectivity index (χ3v) is 4.44. The highest BCUT2D eigenvalue weighted by Gasteiger charge is 2.21. The SMILES string of the molecule is O=CC(CC(=O)NNC(=S)Nc1cccc([N+](=O)[O-])c1)C(S)Nc1ccccc1. The monoisotopic (exact) mass is 433 g/mol. The number of hydrogen-bond donors (Lipinski definition) is 5. The molecule has 1 amide bonds. The Bertz CT molecular complexity index is 882. The Morgan fingerprint density at radius 2 is 1.83 bits per heavy atom. The summed E-state index contributed by atoms with van der Waals surface area (Å²) in [6.45, 7) is 0. The molecule has 0 radical (unpaired) electrons. The molecular weight excluding hydrogens is 414 g/mol. The first kappa shape index (κ1) is 22.1. The number of hydrogen-bond acceptors (Lipinski definition) is 7. The summed E-state index contributed by atoms with van der Waals surface area (Å²) in [6.07, 6.45) is 0.538. The number of benzene rings is 2. The Kier molecular flexibility index (Phi) is 8.37. The molecule has 4 N–H and O–H groups in total. The number of nitro groups is 1. The summed E-state index contributed by atoms with van der Waals surface area (Å²) < 4.78 is 0. The van der Waals surface area contributed by atoms with Gasteiger partial charge in [-0.1, -0.05) is 24.3 Å². The lowest BCUT2D eigenvalue weighted by Crippen LogP contribution is -2.45. The van der Waals surface area contributed by atoms with Gasteiger partial charge in [0.05, 0.1) is 16.2 Å². The lowest BCUT2D eigenvalue weighted by Gasteiger charge is -2.20. The molecule has 0 heterocycles. The lowest BCUT2D eigenvalue weighted by molar-refractivity contribution is -0.384. The van der Waals surface area contributed by atoms with Crippen LogP contribution < -0.4 is 21.5 Å². The van der Waals surface area contributed by atoms with E-state index in [1.54, 1.807) is 6.07 Å². The van der Waals surface area contributed by atoms with Crippen LogP contribution in [0.4, 0.5) is 17.1 Å². The molecule has 152 valence electrons. The number of amides is 1. The number of thiol groups is 1. The summed E-state index contributed by atoms with van der Waals surface area (Å²) >= 11 is 9.40. The maximum absolute atomic E-state index is 12.1. The zero-order chi connectivity index (χ0) is 21.2. The molecule has 0 spiro atoms. The fraction of sp³-hybridized carbons (Fsp3) is 0.167. The summed E-state index contributed by atoms with van der Waals surface area (Å²) in [7, 11) is 0. The zero-order valence-electron chi connectivity index (χ0n) is 15.1. The normalized spacial score (nSPS) is 12.2. The third kappa shape index (κ3) is 7.39. The largest absolute Gasteiger partial charge is 0.373 e. The van der Waals surface area contributed by atoms with Crippen molar-refractivity contribution in [2.75, 3.05) is 10.6 Å². The molecule has 11 heteroatoms. The summed E-state index contributed by atoms with van der Waals surface area (Å²) in [4.78, 5) is 33.7. The third-order valence-electron chi connectivity index (χ3n) is 3.72. The second-order valence-corrected chi connectivity index (χ2v) is 6.86. The number of para-hydroxylation sites is 1. The fourth-order valence-electron chi connectivity index (χ4n) is 2.30. The van der Waals surface area contributed by atoms with Crippen LogP contribution in [0.3, 0.4) is 0 Å². The topological polar surface area (TPSA) is 125 Å². The van der Waals surface area contributed by atoms with Crippen molar-refractivity contribution in [3.63, 3.8) is 0 Å². The molecule has 2 atom stereocenters. The molecule has 2 rings (SSSR count). The van der Waals surface area contributed by atoms with Gasteiger partial charge >= 0.3 is 0 Å². The molecule has 0 aromatic heterocycles. The summed E-state index contributed by atoms with van der Waals surface area (Å²) in [5, 5.41) is 16.0. The van der Waals surface area contributed by atoms with Crippen molar-refractivity contribution in [3.05, 3.63) is 64.7 Å². The highest BCUT2D eigenvalue weighted by molar-refractivity contribution is 7.81. The van der Waals surface area contributed by atoms with Gasteiger partial charge in [-0.05, 0) is 30.4 Å². The van der Waals surface area contributed by atoms with Gasteiger partial charge in [0.15, 0.2) is 5.11 Å². The van der Waals surface area contributed by atoms with E-state index >= 15 is 0 Å². The average Bonchev–Trinajstić information content (AvgIpc) is 2.71. The first-order valence-corrected chi connectivity index (χ1v) is 9.36. The number of nitrogens with one attached hydrogen (secondary N) is 4. The molecule has 0 fully saturated rings. The summed E-state index contributed by atoms with van der Waals surface area (Å²) in [5.74, 6) is -1.15. The summed E-state index contributed by atoms with van der Waals surface area (Å²) in [5.41, 5.74) is 5.93. The lowest BCUT2D eigenvalue weighted by atomic mass is 10.1. The van der Waals surface area contributed by atoms with Crippen molar-refractivity contribution in [2.45, 2.75) is 11.8 Å². The molecule has 0 saturated heterocycles. The van der Waals surface area contributed by atoms with Gasteiger partial charge in [-0.2, -0.15) is 12.6 Å². The Morgan fingerprint density at radius 1 is 1.14 bits per heavy atom. The van der Waals surface area contributed by atoms with E-state index in [1.165, 1.54) is 18.2 Å². The van der Waals surface area contributed by atoms with Gasteiger partial charge in [-0.3, -0.25) is 25.8 Å². The Labute approximate surface area is 177 Å². The van der Waals surface area contributed by atoms with Crippen LogP contribution in [-0.4, -0.2) is 27.6 Å². The molecule has 0 saturated carbocycles. The second kappa shape index (κ2) is 11.0. The van der Waals surface area contributed by atoms with Crippen LogP contribution >= 0.6 is 24.8 Å². The Hall–Kier alpha value is -3.18. The number of nitro benzene ring substituents is 1. The number of aldehydes is 1. The minimum atomic E-state index is -0.682. The van der Waals surface area contributed by atoms with Crippen molar-refractivity contribution in [3.8, 4) is 0 Å². The van der Waals surface area contributed by atoms with Crippen LogP contribution in [0.5, 0.6) is 0 Å². The highest BCUT2D eigenvalue weighted by Crippen LogP contribution is 2.18. The van der Waals surface area contributed by atoms with E-state index in [2.05, 4.69) is 34.1 Å². The predicted molar refractivity (Wildman–Crippen MR) is 118 cm³/mol. The molecule has 0 aliphatic heterocycles. The molecule has 2 unspecified atom stereocenters. The molecule has 9 nitrogen and oxygen atoms in total. The van der Waals surface area contributed by atoms with E-state index in [9.17, 15) is 19.7 Å². The van der Waals surface area contributed by atoms with Gasteiger partial charge in [-0.25, -0.2) is 0 Å². The second-order valence-electron chi connectivity index (χ2n) is 5.89. The maximum atomic E-state index is 12.1. The summed E-state index contributed by atoms with van der Waals surface area (Å²) in [6, 6.07) is 14.9. The first-order chi connectivity index (χ1) is 13.9. The number of rotatable bonds is 8. The van der Waals surface area contributed by atoms with Crippen LogP contribution in [0.2, 0.25) is 0 Å². The molecular formula is C18H19N5O4S2. The highest BCUT2D eigenvalue weighted by atomic mass is 32.1. The van der Waals surface area contributed by atoms with Crippen LogP contribution in [-0.2, 0) is 9.59 Å². The Balaban J connectivity index is 1.81. The smallest absolute Gasteiger partial charge is 0.271 e. The van der Waals surface area contributed by atoms with Crippen molar-refractivity contribution >= 4 is 59.2 Å². The first-order valence-electron chi connectivity index (χ1n) is 8.44. The number of thiocarbonyl (C=S) groups is 1. The molecule has 2 aromatic rings. The van der Waals surface area contributed by atoms with E-state index in [-0.39, 0.29) is 17.2 Å². The molecule has 0 aliphatic rings. The molecule has 2 aromatic carbocycles. The number of carbonyl (C=O) groups is 2. The van der Waals surface area contributed by atoms with Crippen molar-refractivity contribution in [2.24, 2.45) is 5.92 Å². The molecule has 0 aliphatic carbocycles. The standard InChI is InChI=1S/C18H19N5O4S2/c24-11-12(17(28)19-13-5-2-1-3-6-13)9-16(25)21-22-18(29)20-14-7-4-8-15(10-14)23(26)27/h1-8,10-12,17,19,28H,9H2,(H,21,25)(H2,20,22,29). The van der Waals surface area contributed by atoms with Crippen molar-refractivity contribution in [1.29, 1.82) is 0 Å². The minimum Gasteiger partial charge on any atom is -0.373 e. The van der Waals surface area contributed by atoms with Crippen LogP contribution in [0, 0.1) is 16.0 Å². The van der Waals surface area contributed by atoms with Gasteiger partial charge < -0.3 is 15.4 Å². The van der Waals surface area contributed by atoms with E-state index < -0.39 is 22.1 Å². The van der Waals surface area contributed by atoms with E-state index in [0.29, 0.717) is 12.0 Å². The molecule has 0 bridgehead atoms. The predicted octanol–water partition coefficient (Wildman–Crippen LogP) is 2.49. The maximum Gasteiger partial charge on any atom is 0.271 e. The van der Waals surface area contributed by atoms with E-state index in [1.807, 2.05) is 30.3 Å². The van der Waals surface area contributed by atoms with Crippen molar-refractivity contribution in [1.82, 2.24) is 10.9 Å². The van der Waals surface area contributed by atoms with Gasteiger partial charge in [0.1, 0.15) is 6.29 Å². The Morgan fingerprint density at radius 3 is 2.48 bits per heavy atom. The van der Waals surface area contributed by atoms with E-state index in [0.717, 1.165) is 5.69 Å². The average molecular weight is 434 g/mol. The zero-order valence-corrected chi connectivity index (χ0v) is 16.8. The van der Waals surface area contributed by atoms with Crippen LogP contribution in [0.25, 0.3) is 0 Å². The van der Waals surface area contributed by atoms with Gasteiger partial charge in [0.25, 0.3) is 5.69 Å². The van der Waals surface area contributed by atoms with Gasteiger partial charge in [-0.15, -0.1) is 0 Å². The van der Waals surface area contributed by atoms with E-state index in [4.69, 9.17) is 12.2 Å².